The van der Waals surface area contributed by atoms with Crippen molar-refractivity contribution in [3.63, 3.8) is 0 Å². The summed E-state index contributed by atoms with van der Waals surface area (Å²) >= 11 is 0. The van der Waals surface area contributed by atoms with E-state index in [1.807, 2.05) is 30.6 Å². The third-order valence-electron chi connectivity index (χ3n) is 3.72. The van der Waals surface area contributed by atoms with Crippen molar-refractivity contribution in [2.75, 3.05) is 20.6 Å². The lowest BCUT2D eigenvalue weighted by Gasteiger charge is -2.12. The number of furan rings is 1. The minimum atomic E-state index is 0.866. The average Bonchev–Trinajstić information content (AvgIpc) is 3.07. The zero-order valence-electron chi connectivity index (χ0n) is 12.8. The van der Waals surface area contributed by atoms with Crippen molar-refractivity contribution < 1.29 is 4.42 Å². The second-order valence-electron chi connectivity index (χ2n) is 5.50. The molecule has 0 N–H and O–H groups in total. The van der Waals surface area contributed by atoms with E-state index in [1.165, 1.54) is 0 Å². The van der Waals surface area contributed by atoms with Crippen LogP contribution in [0.1, 0.15) is 12.7 Å². The highest BCUT2D eigenvalue weighted by atomic mass is 16.3. The standard InChI is InChI=1S/C17H21N3O/c1-4-14-16(13-7-5-6-8-15(13)21-14)17-18-9-10-20(17)12-11-19(2)3/h5-10H,4,11-12H2,1-3H3. The van der Waals surface area contributed by atoms with E-state index in [2.05, 4.69) is 41.5 Å². The van der Waals surface area contributed by atoms with Gasteiger partial charge in [-0.1, -0.05) is 25.1 Å². The largest absolute Gasteiger partial charge is 0.460 e. The number of nitrogens with zero attached hydrogens (tertiary/aromatic N) is 3. The highest BCUT2D eigenvalue weighted by Crippen LogP contribution is 2.34. The maximum Gasteiger partial charge on any atom is 0.144 e. The fourth-order valence-corrected chi connectivity index (χ4v) is 2.62. The van der Waals surface area contributed by atoms with Gasteiger partial charge < -0.3 is 13.9 Å². The molecule has 3 rings (SSSR count). The van der Waals surface area contributed by atoms with Gasteiger partial charge in [0.25, 0.3) is 0 Å². The van der Waals surface area contributed by atoms with Gasteiger partial charge in [-0.15, -0.1) is 0 Å². The summed E-state index contributed by atoms with van der Waals surface area (Å²) in [6.45, 7) is 4.03. The smallest absolute Gasteiger partial charge is 0.144 e. The van der Waals surface area contributed by atoms with Gasteiger partial charge in [0.2, 0.25) is 0 Å². The molecule has 2 heterocycles. The Bertz CT molecular complexity index is 739. The van der Waals surface area contributed by atoms with Crippen LogP contribution in [-0.2, 0) is 13.0 Å². The normalized spacial score (nSPS) is 11.6. The summed E-state index contributed by atoms with van der Waals surface area (Å²) in [5, 5.41) is 1.15. The van der Waals surface area contributed by atoms with Crippen LogP contribution in [0.3, 0.4) is 0 Å². The molecule has 1 aromatic carbocycles. The quantitative estimate of drug-likeness (QED) is 0.719. The summed E-state index contributed by atoms with van der Waals surface area (Å²) in [6.07, 6.45) is 4.77. The lowest BCUT2D eigenvalue weighted by atomic mass is 10.1. The Labute approximate surface area is 125 Å². The molecule has 3 aromatic rings. The van der Waals surface area contributed by atoms with E-state index in [9.17, 15) is 0 Å². The second kappa shape index (κ2) is 5.74. The van der Waals surface area contributed by atoms with Crippen LogP contribution < -0.4 is 0 Å². The number of likely N-dealkylation sites (N-methyl/N-ethyl adjacent to an activating group) is 1. The summed E-state index contributed by atoms with van der Waals surface area (Å²) in [5.74, 6) is 2.01. The van der Waals surface area contributed by atoms with Crippen LogP contribution in [0.2, 0.25) is 0 Å². The van der Waals surface area contributed by atoms with Gasteiger partial charge in [0, 0.05) is 37.3 Å². The number of para-hydroxylation sites is 1. The van der Waals surface area contributed by atoms with Crippen molar-refractivity contribution in [2.45, 2.75) is 19.9 Å². The zero-order chi connectivity index (χ0) is 14.8. The van der Waals surface area contributed by atoms with Crippen LogP contribution in [0, 0.1) is 0 Å². The van der Waals surface area contributed by atoms with Gasteiger partial charge >= 0.3 is 0 Å². The molecule has 0 radical (unpaired) electrons. The molecule has 0 aliphatic heterocycles. The van der Waals surface area contributed by atoms with Crippen LogP contribution in [0.4, 0.5) is 0 Å². The number of fused-ring (bicyclic) bond motifs is 1. The number of hydrogen-bond donors (Lipinski definition) is 0. The molecule has 0 fully saturated rings. The molecule has 0 saturated heterocycles. The highest BCUT2D eigenvalue weighted by Gasteiger charge is 2.18. The van der Waals surface area contributed by atoms with Crippen molar-refractivity contribution in [3.8, 4) is 11.4 Å². The number of aromatic nitrogens is 2. The fraction of sp³-hybridized carbons (Fsp3) is 0.353. The first kappa shape index (κ1) is 13.9. The van der Waals surface area contributed by atoms with E-state index in [1.54, 1.807) is 0 Å². The lowest BCUT2D eigenvalue weighted by Crippen LogP contribution is -2.18. The first-order valence-electron chi connectivity index (χ1n) is 7.37. The monoisotopic (exact) mass is 283 g/mol. The number of imidazole rings is 1. The third-order valence-corrected chi connectivity index (χ3v) is 3.72. The van der Waals surface area contributed by atoms with Crippen molar-refractivity contribution in [2.24, 2.45) is 0 Å². The summed E-state index contributed by atoms with van der Waals surface area (Å²) in [7, 11) is 4.17. The maximum absolute atomic E-state index is 5.99. The van der Waals surface area contributed by atoms with E-state index < -0.39 is 0 Å². The van der Waals surface area contributed by atoms with E-state index in [-0.39, 0.29) is 0 Å². The van der Waals surface area contributed by atoms with Crippen LogP contribution in [0.5, 0.6) is 0 Å². The summed E-state index contributed by atoms with van der Waals surface area (Å²) in [6, 6.07) is 8.19. The Morgan fingerprint density at radius 1 is 1.24 bits per heavy atom. The highest BCUT2D eigenvalue weighted by molar-refractivity contribution is 5.94. The van der Waals surface area contributed by atoms with E-state index in [4.69, 9.17) is 4.42 Å². The molecule has 4 nitrogen and oxygen atoms in total. The Balaban J connectivity index is 2.10. The molecule has 4 heteroatoms. The van der Waals surface area contributed by atoms with Crippen molar-refractivity contribution in [1.82, 2.24) is 14.5 Å². The van der Waals surface area contributed by atoms with E-state index >= 15 is 0 Å². The molecular weight excluding hydrogens is 262 g/mol. The van der Waals surface area contributed by atoms with Crippen LogP contribution in [0.25, 0.3) is 22.4 Å². The molecule has 21 heavy (non-hydrogen) atoms. The molecule has 2 aromatic heterocycles. The topological polar surface area (TPSA) is 34.2 Å². The van der Waals surface area contributed by atoms with Gasteiger partial charge in [-0.25, -0.2) is 4.98 Å². The Kier molecular flexibility index (Phi) is 3.80. The van der Waals surface area contributed by atoms with E-state index in [0.717, 1.165) is 47.6 Å². The molecule has 0 aliphatic rings. The predicted molar refractivity (Wildman–Crippen MR) is 85.4 cm³/mol. The average molecular weight is 283 g/mol. The number of aryl methyl sites for hydroxylation is 1. The first-order chi connectivity index (χ1) is 10.2. The molecule has 0 aliphatic carbocycles. The zero-order valence-corrected chi connectivity index (χ0v) is 12.8. The molecule has 0 spiro atoms. The predicted octanol–water partition coefficient (Wildman–Crippen LogP) is 3.42. The maximum atomic E-state index is 5.99. The van der Waals surface area contributed by atoms with Gasteiger partial charge in [-0.05, 0) is 20.2 Å². The molecule has 0 atom stereocenters. The molecule has 0 unspecified atom stereocenters. The van der Waals surface area contributed by atoms with Crippen molar-refractivity contribution in [1.29, 1.82) is 0 Å². The molecule has 110 valence electrons. The van der Waals surface area contributed by atoms with Crippen LogP contribution >= 0.6 is 0 Å². The Morgan fingerprint density at radius 2 is 2.05 bits per heavy atom. The van der Waals surface area contributed by atoms with E-state index in [0.29, 0.717) is 0 Å². The minimum absolute atomic E-state index is 0.866. The Hall–Kier alpha value is -2.07. The molecule has 0 saturated carbocycles. The fourth-order valence-electron chi connectivity index (χ4n) is 2.62. The third kappa shape index (κ3) is 2.59. The van der Waals surface area contributed by atoms with Crippen molar-refractivity contribution >= 4 is 11.0 Å². The summed E-state index contributed by atoms with van der Waals surface area (Å²) < 4.78 is 8.19. The van der Waals surface area contributed by atoms with Gasteiger partial charge in [0.15, 0.2) is 0 Å². The summed E-state index contributed by atoms with van der Waals surface area (Å²) in [5.41, 5.74) is 2.07. The van der Waals surface area contributed by atoms with Gasteiger partial charge in [-0.3, -0.25) is 0 Å². The minimum Gasteiger partial charge on any atom is -0.460 e. The number of rotatable bonds is 5. The molecule has 0 amide bonds. The van der Waals surface area contributed by atoms with Crippen LogP contribution in [0.15, 0.2) is 41.1 Å². The first-order valence-corrected chi connectivity index (χ1v) is 7.37. The number of benzene rings is 1. The summed E-state index contributed by atoms with van der Waals surface area (Å²) in [4.78, 5) is 6.76. The SMILES string of the molecule is CCc1oc2ccccc2c1-c1nccn1CCN(C)C. The molecular formula is C17H21N3O. The van der Waals surface area contributed by atoms with Gasteiger partial charge in [-0.2, -0.15) is 0 Å². The van der Waals surface area contributed by atoms with Crippen molar-refractivity contribution in [3.05, 3.63) is 42.4 Å². The Morgan fingerprint density at radius 3 is 2.81 bits per heavy atom. The second-order valence-corrected chi connectivity index (χ2v) is 5.50. The number of hydrogen-bond acceptors (Lipinski definition) is 3. The van der Waals surface area contributed by atoms with Gasteiger partial charge in [0.1, 0.15) is 17.2 Å². The van der Waals surface area contributed by atoms with Gasteiger partial charge in [0.05, 0.1) is 5.56 Å². The lowest BCUT2D eigenvalue weighted by molar-refractivity contribution is 0.385. The molecule has 0 bridgehead atoms. The van der Waals surface area contributed by atoms with Crippen LogP contribution in [-0.4, -0.2) is 35.1 Å².